The highest BCUT2D eigenvalue weighted by molar-refractivity contribution is 6.31. The van der Waals surface area contributed by atoms with Crippen molar-refractivity contribution in [1.29, 1.82) is 0 Å². The maximum absolute atomic E-state index is 6.33. The fourth-order valence-corrected chi connectivity index (χ4v) is 2.67. The summed E-state index contributed by atoms with van der Waals surface area (Å²) >= 11 is 12.4. The highest BCUT2D eigenvalue weighted by Crippen LogP contribution is 2.28. The number of ether oxygens (including phenoxy) is 1. The number of hydrogen-bond acceptors (Lipinski definition) is 2. The Balaban J connectivity index is 2.05. The Labute approximate surface area is 136 Å². The van der Waals surface area contributed by atoms with Gasteiger partial charge in [0.15, 0.2) is 0 Å². The van der Waals surface area contributed by atoms with Crippen LogP contribution in [0, 0.1) is 0 Å². The van der Waals surface area contributed by atoms with Crippen LogP contribution in [0.25, 0.3) is 0 Å². The molecule has 1 atom stereocenters. The largest absolute Gasteiger partial charge is 0.489 e. The van der Waals surface area contributed by atoms with Crippen LogP contribution in [0.1, 0.15) is 31.0 Å². The molecule has 0 saturated heterocycles. The number of benzene rings is 2. The molecule has 2 aromatic rings. The first-order valence-electron chi connectivity index (χ1n) is 7.01. The molecule has 21 heavy (non-hydrogen) atoms. The van der Waals surface area contributed by atoms with E-state index in [1.807, 2.05) is 42.5 Å². The molecule has 0 aliphatic heterocycles. The molecule has 0 spiro atoms. The van der Waals surface area contributed by atoms with E-state index in [-0.39, 0.29) is 6.04 Å². The van der Waals surface area contributed by atoms with Crippen molar-refractivity contribution in [2.75, 3.05) is 6.54 Å². The molecule has 1 unspecified atom stereocenters. The summed E-state index contributed by atoms with van der Waals surface area (Å²) in [5.41, 5.74) is 2.03. The summed E-state index contributed by atoms with van der Waals surface area (Å²) < 4.78 is 5.76. The van der Waals surface area contributed by atoms with E-state index < -0.39 is 0 Å². The van der Waals surface area contributed by atoms with Gasteiger partial charge in [0.25, 0.3) is 0 Å². The van der Waals surface area contributed by atoms with Crippen LogP contribution < -0.4 is 10.1 Å². The van der Waals surface area contributed by atoms with Crippen LogP contribution in [-0.2, 0) is 6.61 Å². The van der Waals surface area contributed by atoms with Crippen molar-refractivity contribution < 1.29 is 4.74 Å². The highest BCUT2D eigenvalue weighted by atomic mass is 35.5. The van der Waals surface area contributed by atoms with Gasteiger partial charge >= 0.3 is 0 Å². The summed E-state index contributed by atoms with van der Waals surface area (Å²) in [5.74, 6) is 0.743. The summed E-state index contributed by atoms with van der Waals surface area (Å²) in [6, 6.07) is 13.7. The van der Waals surface area contributed by atoms with Gasteiger partial charge in [0, 0.05) is 21.7 Å². The molecule has 0 aromatic heterocycles. The third kappa shape index (κ3) is 4.37. The van der Waals surface area contributed by atoms with E-state index >= 15 is 0 Å². The van der Waals surface area contributed by atoms with Gasteiger partial charge in [-0.2, -0.15) is 0 Å². The zero-order chi connectivity index (χ0) is 15.2. The van der Waals surface area contributed by atoms with Gasteiger partial charge in [-0.05, 0) is 37.2 Å². The number of halogens is 2. The van der Waals surface area contributed by atoms with Gasteiger partial charge < -0.3 is 10.1 Å². The second-order valence-corrected chi connectivity index (χ2v) is 5.66. The molecule has 0 aliphatic rings. The van der Waals surface area contributed by atoms with Crippen molar-refractivity contribution in [2.24, 2.45) is 0 Å². The molecular formula is C17H19Cl2NO. The van der Waals surface area contributed by atoms with E-state index in [1.54, 1.807) is 0 Å². The van der Waals surface area contributed by atoms with Gasteiger partial charge in [-0.15, -0.1) is 0 Å². The second-order valence-electron chi connectivity index (χ2n) is 4.84. The van der Waals surface area contributed by atoms with E-state index in [4.69, 9.17) is 27.9 Å². The van der Waals surface area contributed by atoms with E-state index in [0.717, 1.165) is 23.4 Å². The molecule has 0 heterocycles. The third-order valence-corrected chi connectivity index (χ3v) is 4.00. The third-order valence-electron chi connectivity index (χ3n) is 3.30. The van der Waals surface area contributed by atoms with Gasteiger partial charge in [0.1, 0.15) is 12.4 Å². The average molecular weight is 324 g/mol. The molecule has 1 N–H and O–H groups in total. The molecule has 0 bridgehead atoms. The standard InChI is InChI=1S/C17H19Cl2NO/c1-3-20-12(2)15-9-8-14(10-17(15)19)21-11-13-6-4-5-7-16(13)18/h4-10,12,20H,3,11H2,1-2H3. The lowest BCUT2D eigenvalue weighted by atomic mass is 10.1. The Morgan fingerprint density at radius 1 is 1.10 bits per heavy atom. The van der Waals surface area contributed by atoms with Crippen molar-refractivity contribution in [3.05, 3.63) is 63.6 Å². The number of hydrogen-bond donors (Lipinski definition) is 1. The Bertz CT molecular complexity index is 601. The summed E-state index contributed by atoms with van der Waals surface area (Å²) in [4.78, 5) is 0. The number of rotatable bonds is 6. The Kier molecular flexibility index (Phi) is 5.92. The maximum Gasteiger partial charge on any atom is 0.121 e. The van der Waals surface area contributed by atoms with Crippen LogP contribution in [0.4, 0.5) is 0 Å². The Hall–Kier alpha value is -1.22. The van der Waals surface area contributed by atoms with Crippen molar-refractivity contribution in [2.45, 2.75) is 26.5 Å². The molecule has 0 amide bonds. The van der Waals surface area contributed by atoms with Gasteiger partial charge in [-0.3, -0.25) is 0 Å². The normalized spacial score (nSPS) is 12.2. The van der Waals surface area contributed by atoms with E-state index in [1.165, 1.54) is 0 Å². The van der Waals surface area contributed by atoms with Gasteiger partial charge in [0.05, 0.1) is 0 Å². The van der Waals surface area contributed by atoms with Gasteiger partial charge in [-0.1, -0.05) is 54.4 Å². The molecule has 0 radical (unpaired) electrons. The van der Waals surface area contributed by atoms with Crippen molar-refractivity contribution in [3.63, 3.8) is 0 Å². The number of nitrogens with one attached hydrogen (secondary N) is 1. The van der Waals surface area contributed by atoms with Crippen LogP contribution in [-0.4, -0.2) is 6.54 Å². The highest BCUT2D eigenvalue weighted by Gasteiger charge is 2.09. The average Bonchev–Trinajstić information content (AvgIpc) is 2.46. The van der Waals surface area contributed by atoms with Gasteiger partial charge in [-0.25, -0.2) is 0 Å². The van der Waals surface area contributed by atoms with E-state index in [0.29, 0.717) is 16.7 Å². The van der Waals surface area contributed by atoms with Crippen LogP contribution in [0.2, 0.25) is 10.0 Å². The molecular weight excluding hydrogens is 305 g/mol. The molecule has 0 saturated carbocycles. The fraction of sp³-hybridized carbons (Fsp3) is 0.294. The molecule has 2 aromatic carbocycles. The summed E-state index contributed by atoms with van der Waals surface area (Å²) in [6.45, 7) is 5.50. The molecule has 0 aliphatic carbocycles. The van der Waals surface area contributed by atoms with Crippen LogP contribution in [0.5, 0.6) is 5.75 Å². The first kappa shape index (κ1) is 16.2. The minimum Gasteiger partial charge on any atom is -0.489 e. The molecule has 2 rings (SSSR count). The van der Waals surface area contributed by atoms with Crippen LogP contribution in [0.15, 0.2) is 42.5 Å². The fourth-order valence-electron chi connectivity index (χ4n) is 2.14. The summed E-state index contributed by atoms with van der Waals surface area (Å²) in [5, 5.41) is 4.76. The minimum atomic E-state index is 0.222. The first-order chi connectivity index (χ1) is 10.1. The lowest BCUT2D eigenvalue weighted by Gasteiger charge is -2.15. The van der Waals surface area contributed by atoms with Crippen molar-refractivity contribution in [3.8, 4) is 5.75 Å². The zero-order valence-electron chi connectivity index (χ0n) is 12.2. The van der Waals surface area contributed by atoms with E-state index in [9.17, 15) is 0 Å². The second kappa shape index (κ2) is 7.69. The monoisotopic (exact) mass is 323 g/mol. The topological polar surface area (TPSA) is 21.3 Å². The smallest absolute Gasteiger partial charge is 0.121 e. The molecule has 0 fully saturated rings. The summed E-state index contributed by atoms with van der Waals surface area (Å²) in [6.07, 6.45) is 0. The minimum absolute atomic E-state index is 0.222. The molecule has 112 valence electrons. The lowest BCUT2D eigenvalue weighted by molar-refractivity contribution is 0.306. The zero-order valence-corrected chi connectivity index (χ0v) is 13.7. The first-order valence-corrected chi connectivity index (χ1v) is 7.76. The van der Waals surface area contributed by atoms with Crippen molar-refractivity contribution >= 4 is 23.2 Å². The predicted molar refractivity (Wildman–Crippen MR) is 89.3 cm³/mol. The SMILES string of the molecule is CCNC(C)c1ccc(OCc2ccccc2Cl)cc1Cl. The quantitative estimate of drug-likeness (QED) is 0.784. The van der Waals surface area contributed by atoms with Crippen LogP contribution in [0.3, 0.4) is 0 Å². The van der Waals surface area contributed by atoms with Crippen molar-refractivity contribution in [1.82, 2.24) is 5.32 Å². The Morgan fingerprint density at radius 3 is 2.52 bits per heavy atom. The predicted octanol–water partition coefficient (Wildman–Crippen LogP) is 5.24. The molecule has 4 heteroatoms. The summed E-state index contributed by atoms with van der Waals surface area (Å²) in [7, 11) is 0. The van der Waals surface area contributed by atoms with E-state index in [2.05, 4.69) is 19.2 Å². The van der Waals surface area contributed by atoms with Gasteiger partial charge in [0.2, 0.25) is 0 Å². The maximum atomic E-state index is 6.33. The molecule has 2 nitrogen and oxygen atoms in total. The Morgan fingerprint density at radius 2 is 1.86 bits per heavy atom. The lowest BCUT2D eigenvalue weighted by Crippen LogP contribution is -2.17. The van der Waals surface area contributed by atoms with Crippen LogP contribution >= 0.6 is 23.2 Å².